The quantitative estimate of drug-likeness (QED) is 0.685. The van der Waals surface area contributed by atoms with Crippen molar-refractivity contribution in [2.75, 3.05) is 26.2 Å². The third kappa shape index (κ3) is 3.35. The fourth-order valence-electron chi connectivity index (χ4n) is 5.19. The fourth-order valence-corrected chi connectivity index (χ4v) is 5.19. The van der Waals surface area contributed by atoms with Gasteiger partial charge in [-0.05, 0) is 25.3 Å². The largest absolute Gasteiger partial charge is 0.361 e. The Labute approximate surface area is 180 Å². The predicted octanol–water partition coefficient (Wildman–Crippen LogP) is 2.72. The van der Waals surface area contributed by atoms with E-state index in [-0.39, 0.29) is 17.2 Å². The number of carbonyl (C=O) groups excluding carboxylic acids is 1. The van der Waals surface area contributed by atoms with Gasteiger partial charge in [0, 0.05) is 56.0 Å². The Morgan fingerprint density at radius 3 is 2.74 bits per heavy atom. The summed E-state index contributed by atoms with van der Waals surface area (Å²) in [5.74, 6) is 3.29. The molecule has 0 bridgehead atoms. The number of hydrogen-bond acceptors (Lipinski definition) is 6. The van der Waals surface area contributed by atoms with Crippen LogP contribution in [0.3, 0.4) is 0 Å². The topological polar surface area (TPSA) is 91.2 Å². The van der Waals surface area contributed by atoms with Gasteiger partial charge in [0.15, 0.2) is 11.5 Å². The molecule has 3 aliphatic rings. The van der Waals surface area contributed by atoms with Crippen molar-refractivity contribution in [3.05, 3.63) is 65.1 Å². The molecule has 2 aromatic heterocycles. The van der Waals surface area contributed by atoms with Crippen molar-refractivity contribution in [3.63, 3.8) is 0 Å². The van der Waals surface area contributed by atoms with E-state index in [0.29, 0.717) is 30.5 Å². The lowest BCUT2D eigenvalue weighted by Crippen LogP contribution is -2.61. The van der Waals surface area contributed by atoms with Gasteiger partial charge in [0.25, 0.3) is 5.91 Å². The molecule has 6 rings (SSSR count). The Bertz CT molecular complexity index is 1100. The molecule has 1 amide bonds. The van der Waals surface area contributed by atoms with Crippen molar-refractivity contribution in [1.82, 2.24) is 30.1 Å². The highest BCUT2D eigenvalue weighted by Crippen LogP contribution is 2.49. The molecule has 160 valence electrons. The minimum absolute atomic E-state index is 0.0103. The Morgan fingerprint density at radius 2 is 2.03 bits per heavy atom. The number of aryl methyl sites for hydroxylation is 1. The molecular formula is C23H26N6O2. The standard InChI is InChI=1S/C23H26N6O2/c1-15-9-19(27-31-15)22(30)29-13-23(14-29)12-28(10-16-5-3-2-4-6-16)11-18(23)21-24-20(25-26-21)17-7-8-17/h2-6,9,17-18H,7-8,10-14H2,1H3,(H,24,25,26). The maximum absolute atomic E-state index is 12.9. The molecule has 1 aromatic carbocycles. The highest BCUT2D eigenvalue weighted by atomic mass is 16.5. The van der Waals surface area contributed by atoms with Gasteiger partial charge in [0.1, 0.15) is 11.6 Å². The molecule has 1 saturated carbocycles. The first-order valence-corrected chi connectivity index (χ1v) is 11.0. The molecule has 2 aliphatic heterocycles. The van der Waals surface area contributed by atoms with Gasteiger partial charge in [0.05, 0.1) is 0 Å². The summed E-state index contributed by atoms with van der Waals surface area (Å²) in [7, 11) is 0. The van der Waals surface area contributed by atoms with Crippen LogP contribution in [0.15, 0.2) is 40.9 Å². The van der Waals surface area contributed by atoms with Crippen molar-refractivity contribution in [2.45, 2.75) is 38.1 Å². The van der Waals surface area contributed by atoms with Gasteiger partial charge < -0.3 is 9.42 Å². The third-order valence-corrected chi connectivity index (χ3v) is 6.91. The molecule has 4 heterocycles. The van der Waals surface area contributed by atoms with Crippen LogP contribution in [0.5, 0.6) is 0 Å². The van der Waals surface area contributed by atoms with E-state index in [0.717, 1.165) is 31.3 Å². The Balaban J connectivity index is 1.23. The van der Waals surface area contributed by atoms with Gasteiger partial charge in [-0.2, -0.15) is 5.10 Å². The predicted molar refractivity (Wildman–Crippen MR) is 112 cm³/mol. The summed E-state index contributed by atoms with van der Waals surface area (Å²) in [5.41, 5.74) is 1.68. The number of H-pyrrole nitrogens is 1. The summed E-state index contributed by atoms with van der Waals surface area (Å²) in [5, 5.41) is 11.6. The number of aromatic amines is 1. The van der Waals surface area contributed by atoms with Crippen LogP contribution < -0.4 is 0 Å². The van der Waals surface area contributed by atoms with Crippen LogP contribution in [0.4, 0.5) is 0 Å². The molecule has 3 fully saturated rings. The molecule has 1 aliphatic carbocycles. The van der Waals surface area contributed by atoms with Gasteiger partial charge in [-0.3, -0.25) is 14.8 Å². The Morgan fingerprint density at radius 1 is 1.23 bits per heavy atom. The molecule has 2 saturated heterocycles. The molecule has 1 unspecified atom stereocenters. The van der Waals surface area contributed by atoms with Crippen molar-refractivity contribution < 1.29 is 9.32 Å². The highest BCUT2D eigenvalue weighted by molar-refractivity contribution is 5.93. The first-order chi connectivity index (χ1) is 15.1. The number of benzene rings is 1. The van der Waals surface area contributed by atoms with Gasteiger partial charge in [0.2, 0.25) is 0 Å². The summed E-state index contributed by atoms with van der Waals surface area (Å²) < 4.78 is 5.10. The van der Waals surface area contributed by atoms with Crippen molar-refractivity contribution in [3.8, 4) is 0 Å². The summed E-state index contributed by atoms with van der Waals surface area (Å²) in [6.07, 6.45) is 2.37. The molecule has 8 heteroatoms. The summed E-state index contributed by atoms with van der Waals surface area (Å²) >= 11 is 0. The first kappa shape index (κ1) is 18.7. The lowest BCUT2D eigenvalue weighted by molar-refractivity contribution is 0.00109. The van der Waals surface area contributed by atoms with E-state index in [2.05, 4.69) is 44.5 Å². The van der Waals surface area contributed by atoms with Crippen LogP contribution in [0, 0.1) is 12.3 Å². The van der Waals surface area contributed by atoms with Crippen LogP contribution in [0.25, 0.3) is 0 Å². The summed E-state index contributed by atoms with van der Waals surface area (Å²) in [6.45, 7) is 5.96. The van der Waals surface area contributed by atoms with Gasteiger partial charge in [-0.25, -0.2) is 4.98 Å². The van der Waals surface area contributed by atoms with Crippen molar-refractivity contribution in [2.24, 2.45) is 5.41 Å². The fraction of sp³-hybridized carbons (Fsp3) is 0.478. The van der Waals surface area contributed by atoms with E-state index in [4.69, 9.17) is 9.51 Å². The second-order valence-electron chi connectivity index (χ2n) is 9.41. The minimum Gasteiger partial charge on any atom is -0.361 e. The van der Waals surface area contributed by atoms with Crippen LogP contribution in [-0.2, 0) is 6.54 Å². The zero-order valence-corrected chi connectivity index (χ0v) is 17.6. The van der Waals surface area contributed by atoms with E-state index in [9.17, 15) is 4.79 Å². The number of rotatable bonds is 5. The molecule has 31 heavy (non-hydrogen) atoms. The monoisotopic (exact) mass is 418 g/mol. The number of hydrogen-bond donors (Lipinski definition) is 1. The molecule has 1 N–H and O–H groups in total. The molecule has 8 nitrogen and oxygen atoms in total. The van der Waals surface area contributed by atoms with Gasteiger partial charge in [-0.15, -0.1) is 0 Å². The van der Waals surface area contributed by atoms with Gasteiger partial charge >= 0.3 is 0 Å². The van der Waals surface area contributed by atoms with Crippen LogP contribution in [0.1, 0.15) is 58.1 Å². The molecule has 1 spiro atoms. The van der Waals surface area contributed by atoms with E-state index >= 15 is 0 Å². The number of aromatic nitrogens is 4. The zero-order chi connectivity index (χ0) is 21.0. The zero-order valence-electron chi connectivity index (χ0n) is 17.6. The first-order valence-electron chi connectivity index (χ1n) is 11.0. The summed E-state index contributed by atoms with van der Waals surface area (Å²) in [6, 6.07) is 12.3. The molecule has 1 atom stereocenters. The molecular weight excluding hydrogens is 392 g/mol. The van der Waals surface area contributed by atoms with Crippen molar-refractivity contribution >= 4 is 5.91 Å². The maximum atomic E-state index is 12.9. The van der Waals surface area contributed by atoms with Crippen LogP contribution in [-0.4, -0.2) is 62.2 Å². The average Bonchev–Trinajstić information content (AvgIpc) is 3.15. The smallest absolute Gasteiger partial charge is 0.276 e. The minimum atomic E-state index is -0.0565. The number of likely N-dealkylation sites (tertiary alicyclic amines) is 2. The number of carbonyl (C=O) groups is 1. The van der Waals surface area contributed by atoms with Crippen molar-refractivity contribution in [1.29, 1.82) is 0 Å². The lowest BCUT2D eigenvalue weighted by Gasteiger charge is -2.50. The normalized spacial score (nSPS) is 22.7. The number of amides is 1. The lowest BCUT2D eigenvalue weighted by atomic mass is 9.71. The number of nitrogens with zero attached hydrogens (tertiary/aromatic N) is 5. The maximum Gasteiger partial charge on any atom is 0.276 e. The highest BCUT2D eigenvalue weighted by Gasteiger charge is 2.57. The van der Waals surface area contributed by atoms with E-state index in [1.54, 1.807) is 13.0 Å². The summed E-state index contributed by atoms with van der Waals surface area (Å²) in [4.78, 5) is 22.1. The average molecular weight is 419 g/mol. The van der Waals surface area contributed by atoms with Crippen LogP contribution >= 0.6 is 0 Å². The van der Waals surface area contributed by atoms with Crippen LogP contribution in [0.2, 0.25) is 0 Å². The molecule has 0 radical (unpaired) electrons. The second kappa shape index (κ2) is 7.02. The van der Waals surface area contributed by atoms with E-state index in [1.165, 1.54) is 18.4 Å². The third-order valence-electron chi connectivity index (χ3n) is 6.91. The Kier molecular flexibility index (Phi) is 4.24. The van der Waals surface area contributed by atoms with E-state index < -0.39 is 0 Å². The second-order valence-corrected chi connectivity index (χ2v) is 9.41. The van der Waals surface area contributed by atoms with Gasteiger partial charge in [-0.1, -0.05) is 35.5 Å². The SMILES string of the molecule is Cc1cc(C(=O)N2CC3(CN(Cc4ccccc4)CC3c3nc(C4CC4)n[nH]3)C2)no1. The van der Waals surface area contributed by atoms with E-state index in [1.807, 2.05) is 11.0 Å². The number of nitrogens with one attached hydrogen (secondary N) is 1. The molecule has 3 aromatic rings. The Hall–Kier alpha value is -3.00.